The number of hydrogen-bond donors (Lipinski definition) is 4. The average molecular weight is 513 g/mol. The number of carbonyl (C=O) groups is 3. The number of hydrogen-bond acceptors (Lipinski definition) is 8. The van der Waals surface area contributed by atoms with E-state index < -0.39 is 24.5 Å². The summed E-state index contributed by atoms with van der Waals surface area (Å²) in [5.74, 6) is -0.495. The second-order valence-corrected chi connectivity index (χ2v) is 7.90. The number of allylic oxidation sites excluding steroid dienone is 1. The fourth-order valence-electron chi connectivity index (χ4n) is 3.50. The van der Waals surface area contributed by atoms with Gasteiger partial charge in [-0.25, -0.2) is 4.79 Å². The smallest absolute Gasteiger partial charge is 0.326 e. The maximum absolute atomic E-state index is 12.8. The molecule has 1 aliphatic rings. The van der Waals surface area contributed by atoms with E-state index in [4.69, 9.17) is 30.4 Å². The summed E-state index contributed by atoms with van der Waals surface area (Å²) in [5.41, 5.74) is 11.4. The van der Waals surface area contributed by atoms with Gasteiger partial charge < -0.3 is 40.8 Å². The van der Waals surface area contributed by atoms with E-state index in [1.165, 1.54) is 32.4 Å². The van der Waals surface area contributed by atoms with Crippen LogP contribution >= 0.6 is 0 Å². The second-order valence-electron chi connectivity index (χ2n) is 7.90. The number of nitrogens with one attached hydrogen (secondary N) is 1. The van der Waals surface area contributed by atoms with Gasteiger partial charge in [0.1, 0.15) is 29.0 Å². The van der Waals surface area contributed by atoms with Crippen LogP contribution in [0.15, 0.2) is 47.1 Å². The van der Waals surface area contributed by atoms with Gasteiger partial charge in [-0.1, -0.05) is 0 Å². The molecule has 0 saturated carbocycles. The molecule has 6 N–H and O–H groups in total. The topological polar surface area (TPSA) is 185 Å². The van der Waals surface area contributed by atoms with Crippen molar-refractivity contribution in [3.05, 3.63) is 53.3 Å². The number of ether oxygens (including phenoxy) is 4. The Kier molecular flexibility index (Phi) is 8.92. The Morgan fingerprint density at radius 3 is 2.57 bits per heavy atom. The lowest BCUT2D eigenvalue weighted by atomic mass is 10.1. The van der Waals surface area contributed by atoms with Crippen molar-refractivity contribution in [1.29, 1.82) is 0 Å². The van der Waals surface area contributed by atoms with Gasteiger partial charge >= 0.3 is 5.97 Å². The third kappa shape index (κ3) is 7.13. The summed E-state index contributed by atoms with van der Waals surface area (Å²) in [6.45, 7) is -0.193. The molecule has 3 rings (SSSR count). The van der Waals surface area contributed by atoms with Crippen LogP contribution in [-0.4, -0.2) is 62.1 Å². The van der Waals surface area contributed by atoms with Crippen molar-refractivity contribution in [2.24, 2.45) is 16.5 Å². The number of guanidine groups is 1. The Morgan fingerprint density at radius 1 is 1.14 bits per heavy atom. The van der Waals surface area contributed by atoms with E-state index in [0.717, 1.165) is 0 Å². The first-order valence-corrected chi connectivity index (χ1v) is 11.2. The molecule has 196 valence electrons. The number of carbonyl (C=O) groups excluding carboxylic acids is 2. The van der Waals surface area contributed by atoms with E-state index >= 15 is 0 Å². The maximum atomic E-state index is 12.8. The molecule has 37 heavy (non-hydrogen) atoms. The first-order valence-electron chi connectivity index (χ1n) is 11.2. The number of aliphatic carboxylic acids is 1. The largest absolute Gasteiger partial charge is 0.497 e. The number of rotatable bonds is 12. The van der Waals surface area contributed by atoms with Crippen LogP contribution in [-0.2, 0) is 9.59 Å². The highest BCUT2D eigenvalue weighted by Gasteiger charge is 2.28. The summed E-state index contributed by atoms with van der Waals surface area (Å²) in [5, 5.41) is 11.7. The quantitative estimate of drug-likeness (QED) is 0.140. The molecule has 0 aliphatic carbocycles. The summed E-state index contributed by atoms with van der Waals surface area (Å²) in [4.78, 5) is 40.3. The molecule has 12 nitrogen and oxygen atoms in total. The molecule has 12 heteroatoms. The second kappa shape index (κ2) is 12.3. The lowest BCUT2D eigenvalue weighted by Crippen LogP contribution is -2.43. The molecule has 0 radical (unpaired) electrons. The predicted molar refractivity (Wildman–Crippen MR) is 134 cm³/mol. The first-order chi connectivity index (χ1) is 17.7. The molecule has 0 bridgehead atoms. The van der Waals surface area contributed by atoms with Gasteiger partial charge in [0, 0.05) is 18.2 Å². The fourth-order valence-corrected chi connectivity index (χ4v) is 3.50. The van der Waals surface area contributed by atoms with Crippen molar-refractivity contribution < 1.29 is 38.4 Å². The molecular weight excluding hydrogens is 484 g/mol. The standard InChI is InChI=1S/C25H28N4O8/c1-34-15-6-8-19(35-2)14(10-15)11-21-23(31)17-7-5-16(12-20(17)37-21)36-13-22(30)29-18(24(32)33)4-3-9-28-25(26)27/h5-8,10-12,18H,3-4,9,13H2,1-2H3,(H,29,30)(H,32,33)(H4,26,27,28). The minimum absolute atomic E-state index is 0.0847. The van der Waals surface area contributed by atoms with Crippen LogP contribution in [0.3, 0.4) is 0 Å². The van der Waals surface area contributed by atoms with Gasteiger partial charge in [0.15, 0.2) is 18.3 Å². The molecule has 0 fully saturated rings. The van der Waals surface area contributed by atoms with Crippen LogP contribution in [0.25, 0.3) is 6.08 Å². The molecule has 2 aromatic carbocycles. The number of carboxylic acids is 1. The SMILES string of the molecule is COc1ccc(OC)c(C=C2Oc3cc(OCC(=O)NC(CCCN=C(N)N)C(=O)O)ccc3C2=O)c1. The minimum Gasteiger partial charge on any atom is -0.497 e. The Morgan fingerprint density at radius 2 is 1.89 bits per heavy atom. The predicted octanol–water partition coefficient (Wildman–Crippen LogP) is 1.32. The molecule has 0 aromatic heterocycles. The summed E-state index contributed by atoms with van der Waals surface area (Å²) >= 11 is 0. The van der Waals surface area contributed by atoms with E-state index in [1.54, 1.807) is 24.3 Å². The number of aliphatic imine (C=N–C) groups is 1. The monoisotopic (exact) mass is 512 g/mol. The van der Waals surface area contributed by atoms with Crippen molar-refractivity contribution in [2.45, 2.75) is 18.9 Å². The van der Waals surface area contributed by atoms with Crippen molar-refractivity contribution in [1.82, 2.24) is 5.32 Å². The normalized spacial score (nSPS) is 13.8. The molecule has 0 spiro atoms. The molecule has 2 aromatic rings. The summed E-state index contributed by atoms with van der Waals surface area (Å²) in [6, 6.07) is 8.57. The molecule has 1 heterocycles. The Hall–Kier alpha value is -4.74. The number of carboxylic acid groups (broad SMARTS) is 1. The van der Waals surface area contributed by atoms with Crippen molar-refractivity contribution in [3.8, 4) is 23.0 Å². The van der Waals surface area contributed by atoms with Gasteiger partial charge in [-0.2, -0.15) is 0 Å². The van der Waals surface area contributed by atoms with Gasteiger partial charge in [0.25, 0.3) is 5.91 Å². The third-order valence-corrected chi connectivity index (χ3v) is 5.31. The number of nitrogens with two attached hydrogens (primary N) is 2. The highest BCUT2D eigenvalue weighted by atomic mass is 16.5. The van der Waals surface area contributed by atoms with E-state index in [9.17, 15) is 19.5 Å². The van der Waals surface area contributed by atoms with Crippen LogP contribution in [0.4, 0.5) is 0 Å². The molecule has 1 amide bonds. The number of nitrogens with zero attached hydrogens (tertiary/aromatic N) is 1. The van der Waals surface area contributed by atoms with Gasteiger partial charge in [-0.05, 0) is 49.2 Å². The zero-order chi connectivity index (χ0) is 26.9. The zero-order valence-corrected chi connectivity index (χ0v) is 20.4. The van der Waals surface area contributed by atoms with Gasteiger partial charge in [0.2, 0.25) is 5.78 Å². The maximum Gasteiger partial charge on any atom is 0.326 e. The van der Waals surface area contributed by atoms with Crippen LogP contribution in [0.1, 0.15) is 28.8 Å². The number of methoxy groups -OCH3 is 2. The average Bonchev–Trinajstić information content (AvgIpc) is 3.18. The Bertz CT molecular complexity index is 1240. The highest BCUT2D eigenvalue weighted by molar-refractivity contribution is 6.14. The summed E-state index contributed by atoms with van der Waals surface area (Å²) in [7, 11) is 3.05. The molecule has 1 aliphatic heterocycles. The lowest BCUT2D eigenvalue weighted by molar-refractivity contribution is -0.142. The molecule has 0 saturated heterocycles. The van der Waals surface area contributed by atoms with Gasteiger partial charge in [-0.3, -0.25) is 14.6 Å². The lowest BCUT2D eigenvalue weighted by Gasteiger charge is -2.14. The minimum atomic E-state index is -1.19. The number of ketones is 1. The molecular formula is C25H28N4O8. The van der Waals surface area contributed by atoms with E-state index in [2.05, 4.69) is 10.3 Å². The third-order valence-electron chi connectivity index (χ3n) is 5.31. The summed E-state index contributed by atoms with van der Waals surface area (Å²) < 4.78 is 21.8. The van der Waals surface area contributed by atoms with Crippen LogP contribution in [0, 0.1) is 0 Å². The van der Waals surface area contributed by atoms with Gasteiger partial charge in [-0.15, -0.1) is 0 Å². The summed E-state index contributed by atoms with van der Waals surface area (Å²) in [6.07, 6.45) is 2.06. The van der Waals surface area contributed by atoms with E-state index in [0.29, 0.717) is 29.0 Å². The number of fused-ring (bicyclic) bond motifs is 1. The van der Waals surface area contributed by atoms with E-state index in [1.807, 2.05) is 0 Å². The fraction of sp³-hybridized carbons (Fsp3) is 0.280. The van der Waals surface area contributed by atoms with Crippen molar-refractivity contribution >= 4 is 29.7 Å². The number of amides is 1. The Labute approximate surface area is 212 Å². The van der Waals surface area contributed by atoms with E-state index in [-0.39, 0.29) is 42.0 Å². The van der Waals surface area contributed by atoms with Crippen LogP contribution in [0.2, 0.25) is 0 Å². The molecule has 1 unspecified atom stereocenters. The molecule has 1 atom stereocenters. The van der Waals surface area contributed by atoms with Crippen LogP contribution in [0.5, 0.6) is 23.0 Å². The zero-order valence-electron chi connectivity index (χ0n) is 20.4. The van der Waals surface area contributed by atoms with Crippen LogP contribution < -0.4 is 35.7 Å². The highest BCUT2D eigenvalue weighted by Crippen LogP contribution is 2.36. The van der Waals surface area contributed by atoms with Gasteiger partial charge in [0.05, 0.1) is 19.8 Å². The first kappa shape index (κ1) is 26.9. The van der Waals surface area contributed by atoms with Crippen molar-refractivity contribution in [3.63, 3.8) is 0 Å². The Balaban J connectivity index is 1.62. The number of benzene rings is 2. The van der Waals surface area contributed by atoms with Crippen molar-refractivity contribution in [2.75, 3.05) is 27.4 Å². The number of Topliss-reactive ketones (excluding diaryl/α,β-unsaturated/α-hetero) is 1.